The number of hydrogen-bond acceptors (Lipinski definition) is 4. The van der Waals surface area contributed by atoms with Gasteiger partial charge in [0.25, 0.3) is 0 Å². The molecule has 0 bridgehead atoms. The van der Waals surface area contributed by atoms with Crippen LogP contribution in [0.4, 0.5) is 28.4 Å². The summed E-state index contributed by atoms with van der Waals surface area (Å²) in [6.45, 7) is 4.44. The molecule has 12 heteroatoms. The van der Waals surface area contributed by atoms with E-state index in [0.29, 0.717) is 23.0 Å². The molecular formula is C19H19Cl2F3N4O3. The number of alkyl halides is 3. The Kier molecular flexibility index (Phi) is 7.61. The van der Waals surface area contributed by atoms with E-state index in [1.54, 1.807) is 20.8 Å². The molecule has 0 aliphatic heterocycles. The summed E-state index contributed by atoms with van der Waals surface area (Å²) in [5.41, 5.74) is 0.627. The maximum atomic E-state index is 12.8. The molecule has 0 aliphatic carbocycles. The van der Waals surface area contributed by atoms with Gasteiger partial charge in [-0.15, -0.1) is 0 Å². The van der Waals surface area contributed by atoms with Crippen LogP contribution in [0.2, 0.25) is 10.0 Å². The zero-order valence-corrected chi connectivity index (χ0v) is 18.2. The zero-order chi connectivity index (χ0) is 23.4. The molecule has 0 atom stereocenters. The monoisotopic (exact) mass is 478 g/mol. The smallest absolute Gasteiger partial charge is 0.426 e. The molecule has 3 amide bonds. The Labute approximate surface area is 186 Å². The second-order valence-electron chi connectivity index (χ2n) is 7.29. The Morgan fingerprint density at radius 3 is 2.26 bits per heavy atom. The molecule has 0 radical (unpaired) electrons. The molecule has 0 saturated carbocycles. The number of amides is 3. The molecule has 1 aromatic heterocycles. The number of carbonyl (C=O) groups is 2. The number of ether oxygens (including phenoxy) is 1. The molecule has 0 unspecified atom stereocenters. The van der Waals surface area contributed by atoms with Crippen molar-refractivity contribution in [1.29, 1.82) is 0 Å². The van der Waals surface area contributed by atoms with Gasteiger partial charge in [0.15, 0.2) is 0 Å². The fraction of sp³-hybridized carbons (Fsp3) is 0.316. The third kappa shape index (κ3) is 7.80. The number of hydrazine groups is 1. The van der Waals surface area contributed by atoms with Crippen molar-refractivity contribution in [2.24, 2.45) is 0 Å². The number of hydrogen-bond donors (Lipinski definition) is 2. The van der Waals surface area contributed by atoms with Gasteiger partial charge in [0.2, 0.25) is 0 Å². The molecule has 0 spiro atoms. The van der Waals surface area contributed by atoms with Crippen molar-refractivity contribution in [3.8, 4) is 0 Å². The Morgan fingerprint density at radius 2 is 1.74 bits per heavy atom. The summed E-state index contributed by atoms with van der Waals surface area (Å²) in [5, 5.41) is 3.42. The van der Waals surface area contributed by atoms with Gasteiger partial charge in [0.1, 0.15) is 5.60 Å². The van der Waals surface area contributed by atoms with Crippen LogP contribution in [0.5, 0.6) is 0 Å². The fourth-order valence-corrected chi connectivity index (χ4v) is 2.54. The predicted molar refractivity (Wildman–Crippen MR) is 110 cm³/mol. The van der Waals surface area contributed by atoms with E-state index in [9.17, 15) is 22.8 Å². The Hall–Kier alpha value is -2.72. The molecule has 0 aliphatic rings. The van der Waals surface area contributed by atoms with Crippen LogP contribution in [0.15, 0.2) is 36.5 Å². The SMILES string of the molecule is CC(C)(C)OC(=O)NN(Cc1ncc(C(F)(F)F)cc1Cl)C(=O)Nc1ccc(Cl)cc1. The average Bonchev–Trinajstić information content (AvgIpc) is 2.62. The third-order valence-corrected chi connectivity index (χ3v) is 4.10. The van der Waals surface area contributed by atoms with Gasteiger partial charge in [0, 0.05) is 16.9 Å². The van der Waals surface area contributed by atoms with Crippen molar-refractivity contribution >= 4 is 41.0 Å². The zero-order valence-electron chi connectivity index (χ0n) is 16.7. The number of nitrogens with one attached hydrogen (secondary N) is 2. The summed E-state index contributed by atoms with van der Waals surface area (Å²) in [7, 11) is 0. The lowest BCUT2D eigenvalue weighted by atomic mass is 10.2. The number of rotatable bonds is 3. The second-order valence-corrected chi connectivity index (χ2v) is 8.13. The highest BCUT2D eigenvalue weighted by Crippen LogP contribution is 2.31. The number of halogens is 5. The van der Waals surface area contributed by atoms with Gasteiger partial charge in [-0.05, 0) is 51.1 Å². The van der Waals surface area contributed by atoms with E-state index in [1.807, 2.05) is 0 Å². The molecular weight excluding hydrogens is 460 g/mol. The molecule has 0 saturated heterocycles. The third-order valence-electron chi connectivity index (χ3n) is 3.52. The van der Waals surface area contributed by atoms with Crippen LogP contribution in [-0.2, 0) is 17.5 Å². The summed E-state index contributed by atoms with van der Waals surface area (Å²) in [4.78, 5) is 28.5. The first-order valence-corrected chi connectivity index (χ1v) is 9.55. The number of aromatic nitrogens is 1. The minimum atomic E-state index is -4.63. The molecule has 2 N–H and O–H groups in total. The normalized spacial score (nSPS) is 11.6. The van der Waals surface area contributed by atoms with Crippen LogP contribution < -0.4 is 10.7 Å². The number of nitrogens with zero attached hydrogens (tertiary/aromatic N) is 2. The number of pyridine rings is 1. The van der Waals surface area contributed by atoms with Gasteiger partial charge in [0.05, 0.1) is 22.8 Å². The number of urea groups is 1. The van der Waals surface area contributed by atoms with Crippen molar-refractivity contribution in [3.05, 3.63) is 57.8 Å². The summed E-state index contributed by atoms with van der Waals surface area (Å²) in [6, 6.07) is 6.00. The number of benzene rings is 1. The Bertz CT molecular complexity index is 948. The van der Waals surface area contributed by atoms with Gasteiger partial charge in [-0.2, -0.15) is 13.2 Å². The molecule has 7 nitrogen and oxygen atoms in total. The standard InChI is InChI=1S/C19H19Cl2F3N4O3/c1-18(2,3)31-17(30)27-28(16(29)26-13-6-4-12(20)5-7-13)10-15-14(21)8-11(9-25-15)19(22,23)24/h4-9H,10H2,1-3H3,(H,26,29)(H,27,30). The molecule has 1 aromatic carbocycles. The van der Waals surface area contributed by atoms with Crippen LogP contribution in [-0.4, -0.2) is 27.7 Å². The van der Waals surface area contributed by atoms with Crippen LogP contribution >= 0.6 is 23.2 Å². The Morgan fingerprint density at radius 1 is 1.13 bits per heavy atom. The van der Waals surface area contributed by atoms with Crippen LogP contribution in [0.3, 0.4) is 0 Å². The predicted octanol–water partition coefficient (Wildman–Crippen LogP) is 5.88. The molecule has 168 valence electrons. The van der Waals surface area contributed by atoms with E-state index in [4.69, 9.17) is 27.9 Å². The molecule has 0 fully saturated rings. The maximum Gasteiger partial charge on any atom is 0.426 e. The van der Waals surface area contributed by atoms with Crippen LogP contribution in [0, 0.1) is 0 Å². The quantitative estimate of drug-likeness (QED) is 0.539. The van der Waals surface area contributed by atoms with Crippen molar-refractivity contribution in [2.45, 2.75) is 39.1 Å². The van der Waals surface area contributed by atoms with Crippen molar-refractivity contribution in [3.63, 3.8) is 0 Å². The maximum absolute atomic E-state index is 12.8. The van der Waals surface area contributed by atoms with Crippen LogP contribution in [0.25, 0.3) is 0 Å². The summed E-state index contributed by atoms with van der Waals surface area (Å²) in [5.74, 6) is 0. The minimum Gasteiger partial charge on any atom is -0.443 e. The number of anilines is 1. The lowest BCUT2D eigenvalue weighted by Gasteiger charge is -2.26. The molecule has 2 rings (SSSR count). The van der Waals surface area contributed by atoms with Crippen LogP contribution in [0.1, 0.15) is 32.0 Å². The van der Waals surface area contributed by atoms with E-state index in [-0.39, 0.29) is 10.7 Å². The first-order valence-electron chi connectivity index (χ1n) is 8.80. The highest BCUT2D eigenvalue weighted by molar-refractivity contribution is 6.31. The highest BCUT2D eigenvalue weighted by Gasteiger charge is 2.32. The van der Waals surface area contributed by atoms with E-state index in [1.165, 1.54) is 24.3 Å². The lowest BCUT2D eigenvalue weighted by Crippen LogP contribution is -2.49. The van der Waals surface area contributed by atoms with Gasteiger partial charge in [-0.3, -0.25) is 4.98 Å². The van der Waals surface area contributed by atoms with Crippen molar-refractivity contribution in [1.82, 2.24) is 15.4 Å². The van der Waals surface area contributed by atoms with Crippen molar-refractivity contribution in [2.75, 3.05) is 5.32 Å². The molecule has 2 aromatic rings. The van der Waals surface area contributed by atoms with Gasteiger partial charge < -0.3 is 10.1 Å². The fourth-order valence-electron chi connectivity index (χ4n) is 2.18. The topological polar surface area (TPSA) is 83.6 Å². The van der Waals surface area contributed by atoms with Gasteiger partial charge >= 0.3 is 18.3 Å². The second kappa shape index (κ2) is 9.61. The van der Waals surface area contributed by atoms with E-state index in [0.717, 1.165) is 5.01 Å². The first-order chi connectivity index (χ1) is 14.2. The largest absolute Gasteiger partial charge is 0.443 e. The van der Waals surface area contributed by atoms with Gasteiger partial charge in [-0.25, -0.2) is 20.0 Å². The van der Waals surface area contributed by atoms with Gasteiger partial charge in [-0.1, -0.05) is 23.2 Å². The number of carbonyl (C=O) groups excluding carboxylic acids is 2. The highest BCUT2D eigenvalue weighted by atomic mass is 35.5. The summed E-state index contributed by atoms with van der Waals surface area (Å²) in [6.07, 6.45) is -5.00. The van der Waals surface area contributed by atoms with E-state index in [2.05, 4.69) is 15.7 Å². The van der Waals surface area contributed by atoms with E-state index < -0.39 is 36.0 Å². The first kappa shape index (κ1) is 24.5. The molecule has 1 heterocycles. The van der Waals surface area contributed by atoms with Crippen molar-refractivity contribution < 1.29 is 27.5 Å². The Balaban J connectivity index is 2.25. The minimum absolute atomic E-state index is 0.0722. The average molecular weight is 479 g/mol. The van der Waals surface area contributed by atoms with E-state index >= 15 is 0 Å². The summed E-state index contributed by atoms with van der Waals surface area (Å²) >= 11 is 11.7. The lowest BCUT2D eigenvalue weighted by molar-refractivity contribution is -0.137. The summed E-state index contributed by atoms with van der Waals surface area (Å²) < 4.78 is 43.6. The molecule has 31 heavy (non-hydrogen) atoms.